The Bertz CT molecular complexity index is 1210. The first-order valence-electron chi connectivity index (χ1n) is 8.72. The largest absolute Gasteiger partial charge is 0.437 e. The molecule has 0 aliphatic rings. The average Bonchev–Trinajstić information content (AvgIpc) is 3.19. The molecule has 0 aliphatic heterocycles. The molecule has 0 spiro atoms. The van der Waals surface area contributed by atoms with Gasteiger partial charge in [-0.25, -0.2) is 0 Å². The SMILES string of the molecule is Nc1ccc(Oc2cccc(-c3nnc(Nc4ccc(Cl)c(C(F)(F)F)c4)[nH]3)c2)nn1. The quantitative estimate of drug-likeness (QED) is 0.392. The van der Waals surface area contributed by atoms with Crippen LogP contribution in [0.5, 0.6) is 11.6 Å². The van der Waals surface area contributed by atoms with Crippen molar-refractivity contribution in [3.05, 3.63) is 65.2 Å². The average molecular weight is 448 g/mol. The first-order valence-corrected chi connectivity index (χ1v) is 9.10. The molecule has 0 aliphatic carbocycles. The molecule has 4 aromatic rings. The summed E-state index contributed by atoms with van der Waals surface area (Å²) in [4.78, 5) is 2.90. The molecule has 0 radical (unpaired) electrons. The zero-order chi connectivity index (χ0) is 22.0. The standard InChI is InChI=1S/C19H13ClF3N7O/c20-14-5-4-11(9-13(14)19(21,22)23)25-18-26-17(29-30-18)10-2-1-3-12(8-10)31-16-7-6-15(24)27-28-16/h1-9H,(H2,24,27)(H2,25,26,29,30). The molecule has 8 nitrogen and oxygen atoms in total. The van der Waals surface area contributed by atoms with Crippen molar-refractivity contribution in [3.63, 3.8) is 0 Å². The monoisotopic (exact) mass is 447 g/mol. The molecule has 0 atom stereocenters. The highest BCUT2D eigenvalue weighted by Crippen LogP contribution is 2.36. The van der Waals surface area contributed by atoms with Crippen molar-refractivity contribution in [1.82, 2.24) is 25.4 Å². The minimum Gasteiger partial charge on any atom is -0.437 e. The van der Waals surface area contributed by atoms with Crippen LogP contribution in [-0.4, -0.2) is 25.4 Å². The van der Waals surface area contributed by atoms with Crippen LogP contribution in [0.1, 0.15) is 5.56 Å². The number of nitrogens with two attached hydrogens (primary N) is 1. The maximum atomic E-state index is 13.0. The summed E-state index contributed by atoms with van der Waals surface area (Å²) in [6.45, 7) is 0. The number of ether oxygens (including phenoxy) is 1. The van der Waals surface area contributed by atoms with Crippen molar-refractivity contribution < 1.29 is 17.9 Å². The molecule has 0 saturated carbocycles. The third-order valence-electron chi connectivity index (χ3n) is 4.01. The molecule has 0 unspecified atom stereocenters. The molecular weight excluding hydrogens is 435 g/mol. The lowest BCUT2D eigenvalue weighted by atomic mass is 10.2. The van der Waals surface area contributed by atoms with Crippen molar-refractivity contribution in [1.29, 1.82) is 0 Å². The van der Waals surface area contributed by atoms with E-state index in [4.69, 9.17) is 22.1 Å². The summed E-state index contributed by atoms with van der Waals surface area (Å²) in [6, 6.07) is 13.5. The predicted octanol–water partition coefficient (Wildman–Crippen LogP) is 5.05. The van der Waals surface area contributed by atoms with E-state index in [0.29, 0.717) is 17.1 Å². The van der Waals surface area contributed by atoms with E-state index < -0.39 is 11.7 Å². The number of benzene rings is 2. The van der Waals surface area contributed by atoms with Gasteiger partial charge in [-0.3, -0.25) is 0 Å². The van der Waals surface area contributed by atoms with E-state index in [1.165, 1.54) is 6.07 Å². The van der Waals surface area contributed by atoms with E-state index in [0.717, 1.165) is 12.1 Å². The minimum absolute atomic E-state index is 0.151. The minimum atomic E-state index is -4.57. The maximum Gasteiger partial charge on any atom is 0.417 e. The number of H-pyrrole nitrogens is 1. The third-order valence-corrected chi connectivity index (χ3v) is 4.34. The Labute approximate surface area is 178 Å². The van der Waals surface area contributed by atoms with E-state index in [1.807, 2.05) is 0 Å². The van der Waals surface area contributed by atoms with Crippen LogP contribution in [0.4, 0.5) is 30.6 Å². The Balaban J connectivity index is 1.52. The Kier molecular flexibility index (Phi) is 5.34. The van der Waals surface area contributed by atoms with Crippen molar-refractivity contribution >= 4 is 29.1 Å². The van der Waals surface area contributed by atoms with Crippen LogP contribution in [0.25, 0.3) is 11.4 Å². The summed E-state index contributed by atoms with van der Waals surface area (Å²) < 4.78 is 44.7. The fourth-order valence-corrected chi connectivity index (χ4v) is 2.84. The lowest BCUT2D eigenvalue weighted by Crippen LogP contribution is -2.06. The lowest BCUT2D eigenvalue weighted by molar-refractivity contribution is -0.137. The summed E-state index contributed by atoms with van der Waals surface area (Å²) >= 11 is 5.64. The van der Waals surface area contributed by atoms with Gasteiger partial charge in [0.05, 0.1) is 10.6 Å². The molecule has 0 fully saturated rings. The fourth-order valence-electron chi connectivity index (χ4n) is 2.62. The summed E-state index contributed by atoms with van der Waals surface area (Å²) in [5.41, 5.74) is 5.33. The number of halogens is 4. The van der Waals surface area contributed by atoms with Crippen molar-refractivity contribution in [2.24, 2.45) is 0 Å². The second kappa shape index (κ2) is 8.11. The second-order valence-corrected chi connectivity index (χ2v) is 6.67. The molecular formula is C19H13ClF3N7O. The number of nitrogens with zero attached hydrogens (tertiary/aromatic N) is 4. The van der Waals surface area contributed by atoms with Crippen LogP contribution in [0.15, 0.2) is 54.6 Å². The van der Waals surface area contributed by atoms with E-state index >= 15 is 0 Å². The number of aromatic nitrogens is 5. The van der Waals surface area contributed by atoms with Crippen LogP contribution >= 0.6 is 11.6 Å². The van der Waals surface area contributed by atoms with Gasteiger partial charge in [0.15, 0.2) is 5.82 Å². The summed E-state index contributed by atoms with van der Waals surface area (Å²) in [5.74, 6) is 1.53. The zero-order valence-corrected chi connectivity index (χ0v) is 16.2. The van der Waals surface area contributed by atoms with Gasteiger partial charge in [-0.2, -0.15) is 13.2 Å². The number of hydrogen-bond donors (Lipinski definition) is 3. The topological polar surface area (TPSA) is 115 Å². The van der Waals surface area contributed by atoms with Crippen LogP contribution in [0, 0.1) is 0 Å². The van der Waals surface area contributed by atoms with Gasteiger partial charge in [0.25, 0.3) is 0 Å². The van der Waals surface area contributed by atoms with Gasteiger partial charge >= 0.3 is 6.18 Å². The van der Waals surface area contributed by atoms with E-state index in [-0.39, 0.29) is 28.4 Å². The number of alkyl halides is 3. The van der Waals surface area contributed by atoms with Crippen LogP contribution in [-0.2, 0) is 6.18 Å². The molecule has 12 heteroatoms. The van der Waals surface area contributed by atoms with Gasteiger partial charge in [0.2, 0.25) is 11.8 Å². The molecule has 2 heterocycles. The number of aromatic amines is 1. The van der Waals surface area contributed by atoms with E-state index in [1.54, 1.807) is 36.4 Å². The predicted molar refractivity (Wildman–Crippen MR) is 108 cm³/mol. The Hall–Kier alpha value is -3.86. The number of rotatable bonds is 5. The van der Waals surface area contributed by atoms with Crippen molar-refractivity contribution in [3.8, 4) is 23.0 Å². The van der Waals surface area contributed by atoms with Gasteiger partial charge in [0.1, 0.15) is 11.6 Å². The number of anilines is 3. The molecule has 4 N–H and O–H groups in total. The normalized spacial score (nSPS) is 11.4. The number of nitrogens with one attached hydrogen (secondary N) is 2. The summed E-state index contributed by atoms with van der Waals surface area (Å²) in [6.07, 6.45) is -4.57. The Morgan fingerprint density at radius 1 is 0.968 bits per heavy atom. The second-order valence-electron chi connectivity index (χ2n) is 6.27. The van der Waals surface area contributed by atoms with Crippen LogP contribution in [0.2, 0.25) is 5.02 Å². The van der Waals surface area contributed by atoms with Crippen LogP contribution < -0.4 is 15.8 Å². The maximum absolute atomic E-state index is 13.0. The highest BCUT2D eigenvalue weighted by atomic mass is 35.5. The van der Waals surface area contributed by atoms with E-state index in [2.05, 4.69) is 30.7 Å². The summed E-state index contributed by atoms with van der Waals surface area (Å²) in [5, 5.41) is 17.8. The van der Waals surface area contributed by atoms with Gasteiger partial charge in [-0.15, -0.1) is 20.4 Å². The highest BCUT2D eigenvalue weighted by molar-refractivity contribution is 6.31. The molecule has 2 aromatic heterocycles. The van der Waals surface area contributed by atoms with Crippen LogP contribution in [0.3, 0.4) is 0 Å². The first-order chi connectivity index (χ1) is 14.8. The molecule has 158 valence electrons. The van der Waals surface area contributed by atoms with Gasteiger partial charge in [0, 0.05) is 17.3 Å². The molecule has 2 aromatic carbocycles. The molecule has 4 rings (SSSR count). The zero-order valence-electron chi connectivity index (χ0n) is 15.5. The van der Waals surface area contributed by atoms with Crippen molar-refractivity contribution in [2.45, 2.75) is 6.18 Å². The third kappa shape index (κ3) is 4.83. The lowest BCUT2D eigenvalue weighted by Gasteiger charge is -2.11. The first kappa shape index (κ1) is 20.4. The number of hydrogen-bond acceptors (Lipinski definition) is 7. The molecule has 0 bridgehead atoms. The number of nitrogen functional groups attached to an aromatic ring is 1. The molecule has 31 heavy (non-hydrogen) atoms. The van der Waals surface area contributed by atoms with Gasteiger partial charge in [-0.1, -0.05) is 23.7 Å². The Morgan fingerprint density at radius 3 is 2.55 bits per heavy atom. The smallest absolute Gasteiger partial charge is 0.417 e. The highest BCUT2D eigenvalue weighted by Gasteiger charge is 2.33. The Morgan fingerprint density at radius 2 is 1.81 bits per heavy atom. The van der Waals surface area contributed by atoms with Gasteiger partial charge < -0.3 is 20.8 Å². The molecule has 0 amide bonds. The van der Waals surface area contributed by atoms with E-state index in [9.17, 15) is 13.2 Å². The fraction of sp³-hybridized carbons (Fsp3) is 0.0526. The molecule has 0 saturated heterocycles. The van der Waals surface area contributed by atoms with Gasteiger partial charge in [-0.05, 0) is 36.4 Å². The van der Waals surface area contributed by atoms with Crippen molar-refractivity contribution in [2.75, 3.05) is 11.1 Å². The summed E-state index contributed by atoms with van der Waals surface area (Å²) in [7, 11) is 0.